The normalized spacial score (nSPS) is 11.9. The maximum absolute atomic E-state index is 11.9. The van der Waals surface area contributed by atoms with E-state index in [0.717, 1.165) is 18.2 Å². The Labute approximate surface area is 115 Å². The van der Waals surface area contributed by atoms with Gasteiger partial charge in [-0.05, 0) is 23.8 Å². The van der Waals surface area contributed by atoms with Crippen LogP contribution in [-0.4, -0.2) is 20.4 Å². The van der Waals surface area contributed by atoms with Crippen molar-refractivity contribution in [2.45, 2.75) is 24.9 Å². The van der Waals surface area contributed by atoms with Gasteiger partial charge in [-0.25, -0.2) is 13.6 Å². The van der Waals surface area contributed by atoms with Crippen molar-refractivity contribution in [3.8, 4) is 0 Å². The molecule has 0 aliphatic rings. The van der Waals surface area contributed by atoms with Gasteiger partial charge in [-0.2, -0.15) is 13.2 Å². The van der Waals surface area contributed by atoms with Gasteiger partial charge in [0, 0.05) is 0 Å². The lowest BCUT2D eigenvalue weighted by atomic mass is 10.2. The molecule has 0 aliphatic heterocycles. The molecule has 0 saturated carbocycles. The molecule has 112 valence electrons. The molecule has 0 unspecified atom stereocenters. The third-order valence-electron chi connectivity index (χ3n) is 1.92. The van der Waals surface area contributed by atoms with Gasteiger partial charge in [0.15, 0.2) is 0 Å². The molecule has 2 N–H and O–H groups in total. The summed E-state index contributed by atoms with van der Waals surface area (Å²) in [6.45, 7) is 4.00. The number of ketones is 1. The van der Waals surface area contributed by atoms with Crippen LogP contribution in [0.4, 0.5) is 13.2 Å². The second-order valence-corrected chi connectivity index (χ2v) is 4.87. The Morgan fingerprint density at radius 2 is 1.60 bits per heavy atom. The van der Waals surface area contributed by atoms with Crippen LogP contribution in [0, 0.1) is 0 Å². The van der Waals surface area contributed by atoms with Crippen LogP contribution in [0.2, 0.25) is 0 Å². The van der Waals surface area contributed by atoms with Gasteiger partial charge in [0.1, 0.15) is 0 Å². The van der Waals surface area contributed by atoms with Crippen LogP contribution in [0.3, 0.4) is 0 Å². The first-order valence-corrected chi connectivity index (χ1v) is 7.07. The maximum Gasteiger partial charge on any atom is 0.454 e. The minimum atomic E-state index is -4.92. The first-order chi connectivity index (χ1) is 9.10. The number of hydrogen-bond donors (Lipinski definition) is 1. The third-order valence-corrected chi connectivity index (χ3v) is 2.84. The van der Waals surface area contributed by atoms with E-state index in [4.69, 9.17) is 5.14 Å². The van der Waals surface area contributed by atoms with Crippen LogP contribution in [0.25, 0.3) is 6.08 Å². The zero-order valence-corrected chi connectivity index (χ0v) is 11.6. The molecule has 20 heavy (non-hydrogen) atoms. The van der Waals surface area contributed by atoms with Crippen LogP contribution in [0.15, 0.2) is 35.2 Å². The summed E-state index contributed by atoms with van der Waals surface area (Å²) < 4.78 is 57.4. The van der Waals surface area contributed by atoms with E-state index in [9.17, 15) is 26.4 Å². The lowest BCUT2D eigenvalue weighted by Crippen LogP contribution is -2.19. The third kappa shape index (κ3) is 5.98. The van der Waals surface area contributed by atoms with Crippen LogP contribution < -0.4 is 5.14 Å². The fraction of sp³-hybridized carbons (Fsp3) is 0.250. The molecule has 1 aromatic carbocycles. The number of rotatable bonds is 3. The molecule has 0 aromatic heterocycles. The topological polar surface area (TPSA) is 77.2 Å². The minimum absolute atomic E-state index is 0.165. The second kappa shape index (κ2) is 7.20. The summed E-state index contributed by atoms with van der Waals surface area (Å²) in [5.41, 5.74) is 0.250. The molecule has 1 aromatic rings. The fourth-order valence-corrected chi connectivity index (χ4v) is 1.55. The van der Waals surface area contributed by atoms with E-state index >= 15 is 0 Å². The van der Waals surface area contributed by atoms with E-state index < -0.39 is 22.0 Å². The van der Waals surface area contributed by atoms with Crippen molar-refractivity contribution in [3.63, 3.8) is 0 Å². The van der Waals surface area contributed by atoms with Crippen molar-refractivity contribution in [1.29, 1.82) is 0 Å². The molecule has 4 nitrogen and oxygen atoms in total. The Morgan fingerprint density at radius 3 is 1.95 bits per heavy atom. The van der Waals surface area contributed by atoms with E-state index in [2.05, 4.69) is 0 Å². The van der Waals surface area contributed by atoms with E-state index in [1.807, 2.05) is 13.8 Å². The highest BCUT2D eigenvalue weighted by Crippen LogP contribution is 2.17. The first kappa shape index (κ1) is 18.3. The number of halogens is 3. The average molecular weight is 309 g/mol. The van der Waals surface area contributed by atoms with Gasteiger partial charge >= 0.3 is 6.18 Å². The molecular formula is C12H14F3NO3S. The Hall–Kier alpha value is -1.67. The van der Waals surface area contributed by atoms with Crippen LogP contribution in [-0.2, 0) is 14.8 Å². The van der Waals surface area contributed by atoms with E-state index in [1.165, 1.54) is 12.1 Å². The van der Waals surface area contributed by atoms with Gasteiger partial charge in [0.2, 0.25) is 10.0 Å². The van der Waals surface area contributed by atoms with Crippen molar-refractivity contribution in [2.24, 2.45) is 5.14 Å². The largest absolute Gasteiger partial charge is 0.454 e. The average Bonchev–Trinajstić information content (AvgIpc) is 2.36. The second-order valence-electron chi connectivity index (χ2n) is 3.31. The highest BCUT2D eigenvalue weighted by molar-refractivity contribution is 7.89. The zero-order valence-electron chi connectivity index (χ0n) is 10.8. The minimum Gasteiger partial charge on any atom is -0.285 e. The molecule has 0 saturated heterocycles. The maximum atomic E-state index is 11.9. The van der Waals surface area contributed by atoms with Gasteiger partial charge in [-0.3, -0.25) is 4.79 Å². The number of hydrogen-bond acceptors (Lipinski definition) is 3. The number of sulfonamides is 1. The predicted molar refractivity (Wildman–Crippen MR) is 69.3 cm³/mol. The Kier molecular flexibility index (Phi) is 6.60. The quantitative estimate of drug-likeness (QED) is 0.871. The molecule has 0 fully saturated rings. The van der Waals surface area contributed by atoms with E-state index in [0.29, 0.717) is 6.08 Å². The standard InChI is InChI=1S/C10H8F3NO3S.C2H6/c11-10(12,13)9(15)6-3-7-1-4-8(5-2-7)18(14,16)17;1-2/h1-6H,(H2,14,16,17);1-2H3/b6-3+;. The van der Waals surface area contributed by atoms with E-state index in [-0.39, 0.29) is 10.5 Å². The summed E-state index contributed by atoms with van der Waals surface area (Å²) in [5.74, 6) is -1.99. The number of carbonyl (C=O) groups is 1. The van der Waals surface area contributed by atoms with Gasteiger partial charge in [-0.1, -0.05) is 32.1 Å². The fourth-order valence-electron chi connectivity index (χ4n) is 1.04. The van der Waals surface area contributed by atoms with Crippen LogP contribution in [0.1, 0.15) is 19.4 Å². The monoisotopic (exact) mass is 309 g/mol. The van der Waals surface area contributed by atoms with Gasteiger partial charge in [0.05, 0.1) is 4.90 Å². The number of nitrogens with two attached hydrogens (primary N) is 1. The predicted octanol–water partition coefficient (Wildman–Crippen LogP) is 2.50. The molecule has 0 atom stereocenters. The van der Waals surface area contributed by atoms with Crippen LogP contribution >= 0.6 is 0 Å². The lowest BCUT2D eigenvalue weighted by Gasteiger charge is -2.00. The summed E-state index contributed by atoms with van der Waals surface area (Å²) in [4.78, 5) is 10.4. The lowest BCUT2D eigenvalue weighted by molar-refractivity contribution is -0.165. The summed E-state index contributed by atoms with van der Waals surface area (Å²) in [5, 5.41) is 4.84. The van der Waals surface area contributed by atoms with Gasteiger partial charge in [-0.15, -0.1) is 0 Å². The van der Waals surface area contributed by atoms with Gasteiger partial charge in [0.25, 0.3) is 5.78 Å². The molecule has 0 bridgehead atoms. The van der Waals surface area contributed by atoms with Crippen molar-refractivity contribution in [2.75, 3.05) is 0 Å². The smallest absolute Gasteiger partial charge is 0.285 e. The molecule has 0 heterocycles. The molecule has 0 aliphatic carbocycles. The molecule has 8 heteroatoms. The Balaban J connectivity index is 0.00000172. The molecular weight excluding hydrogens is 295 g/mol. The molecule has 0 radical (unpaired) electrons. The van der Waals surface area contributed by atoms with E-state index in [1.54, 1.807) is 0 Å². The van der Waals surface area contributed by atoms with Crippen LogP contribution in [0.5, 0.6) is 0 Å². The van der Waals surface area contributed by atoms with Crippen molar-refractivity contribution >= 4 is 21.9 Å². The SMILES string of the molecule is CC.NS(=O)(=O)c1ccc(/C=C/C(=O)C(F)(F)F)cc1. The van der Waals surface area contributed by atoms with Crippen molar-refractivity contribution in [3.05, 3.63) is 35.9 Å². The van der Waals surface area contributed by atoms with Crippen molar-refractivity contribution in [1.82, 2.24) is 0 Å². The zero-order chi connectivity index (χ0) is 16.0. The summed E-state index contributed by atoms with van der Waals surface area (Å²) in [6, 6.07) is 4.74. The summed E-state index contributed by atoms with van der Waals surface area (Å²) in [7, 11) is -3.85. The highest BCUT2D eigenvalue weighted by Gasteiger charge is 2.35. The van der Waals surface area contributed by atoms with Gasteiger partial charge < -0.3 is 0 Å². The number of allylic oxidation sites excluding steroid dienone is 1. The Bertz CT molecular complexity index is 575. The summed E-state index contributed by atoms with van der Waals surface area (Å²) >= 11 is 0. The molecule has 1 rings (SSSR count). The number of carbonyl (C=O) groups excluding carboxylic acids is 1. The Morgan fingerprint density at radius 1 is 1.15 bits per heavy atom. The first-order valence-electron chi connectivity index (χ1n) is 5.53. The number of primary sulfonamides is 1. The molecule has 0 amide bonds. The molecule has 0 spiro atoms. The number of benzene rings is 1. The highest BCUT2D eigenvalue weighted by atomic mass is 32.2. The van der Waals surface area contributed by atoms with Crippen molar-refractivity contribution < 1.29 is 26.4 Å². The summed E-state index contributed by atoms with van der Waals surface area (Å²) in [6.07, 6.45) is -3.62. The number of alkyl halides is 3.